The summed E-state index contributed by atoms with van der Waals surface area (Å²) < 4.78 is 2.08. The molecule has 0 fully saturated rings. The first-order chi connectivity index (χ1) is 11.0. The summed E-state index contributed by atoms with van der Waals surface area (Å²) in [6.45, 7) is 6.12. The summed E-state index contributed by atoms with van der Waals surface area (Å²) in [5.74, 6) is 1.21. The van der Waals surface area contributed by atoms with Crippen molar-refractivity contribution in [2.24, 2.45) is 7.05 Å². The quantitative estimate of drug-likeness (QED) is 0.803. The number of nitrogens with one attached hydrogen (secondary N) is 1. The molecular weight excluding hydrogens is 288 g/mol. The Kier molecular flexibility index (Phi) is 3.86. The SMILES string of the molecule is Cc1cc(NC(=O)c2ccc3c(c2)nc(C(C)C)n3C)ccn1. The predicted molar refractivity (Wildman–Crippen MR) is 91.7 cm³/mol. The van der Waals surface area contributed by atoms with Crippen LogP contribution in [0, 0.1) is 6.92 Å². The topological polar surface area (TPSA) is 59.8 Å². The fraction of sp³-hybridized carbons (Fsp3) is 0.278. The summed E-state index contributed by atoms with van der Waals surface area (Å²) in [6.07, 6.45) is 1.68. The number of hydrogen-bond acceptors (Lipinski definition) is 3. The first-order valence-electron chi connectivity index (χ1n) is 7.66. The highest BCUT2D eigenvalue weighted by Gasteiger charge is 2.13. The average Bonchev–Trinajstić information content (AvgIpc) is 2.84. The maximum absolute atomic E-state index is 12.4. The normalized spacial score (nSPS) is 11.2. The third-order valence-corrected chi connectivity index (χ3v) is 3.85. The van der Waals surface area contributed by atoms with Crippen molar-refractivity contribution < 1.29 is 4.79 Å². The molecule has 0 aliphatic heterocycles. The van der Waals surface area contributed by atoms with E-state index in [-0.39, 0.29) is 5.91 Å². The molecule has 0 bridgehead atoms. The number of carbonyl (C=O) groups excluding carboxylic acids is 1. The van der Waals surface area contributed by atoms with Gasteiger partial charge in [-0.2, -0.15) is 0 Å². The van der Waals surface area contributed by atoms with E-state index in [0.29, 0.717) is 11.5 Å². The molecule has 5 heteroatoms. The van der Waals surface area contributed by atoms with Crippen LogP contribution in [0.25, 0.3) is 11.0 Å². The van der Waals surface area contributed by atoms with E-state index in [1.165, 1.54) is 0 Å². The molecule has 0 radical (unpaired) electrons. The Morgan fingerprint density at radius 3 is 2.70 bits per heavy atom. The number of rotatable bonds is 3. The molecule has 2 aromatic heterocycles. The minimum atomic E-state index is -0.144. The van der Waals surface area contributed by atoms with E-state index in [1.54, 1.807) is 12.3 Å². The molecule has 5 nitrogen and oxygen atoms in total. The van der Waals surface area contributed by atoms with Gasteiger partial charge >= 0.3 is 0 Å². The van der Waals surface area contributed by atoms with Gasteiger partial charge in [0.15, 0.2) is 0 Å². The van der Waals surface area contributed by atoms with E-state index in [4.69, 9.17) is 0 Å². The van der Waals surface area contributed by atoms with Crippen LogP contribution in [0.3, 0.4) is 0 Å². The van der Waals surface area contributed by atoms with Gasteiger partial charge in [0.25, 0.3) is 5.91 Å². The second kappa shape index (κ2) is 5.83. The summed E-state index contributed by atoms with van der Waals surface area (Å²) in [6, 6.07) is 9.23. The standard InChI is InChI=1S/C18H20N4O/c1-11(2)17-21-15-10-13(5-6-16(15)22(17)4)18(23)20-14-7-8-19-12(3)9-14/h5-11H,1-4H3,(H,19,20,23). The molecular formula is C18H20N4O. The molecule has 0 unspecified atom stereocenters. The molecule has 1 N–H and O–H groups in total. The van der Waals surface area contributed by atoms with E-state index in [9.17, 15) is 4.79 Å². The molecule has 0 aliphatic rings. The lowest BCUT2D eigenvalue weighted by molar-refractivity contribution is 0.102. The smallest absolute Gasteiger partial charge is 0.255 e. The second-order valence-corrected chi connectivity index (χ2v) is 6.03. The van der Waals surface area contributed by atoms with E-state index >= 15 is 0 Å². The Hall–Kier alpha value is -2.69. The fourth-order valence-electron chi connectivity index (χ4n) is 2.70. The van der Waals surface area contributed by atoms with Crippen LogP contribution in [0.15, 0.2) is 36.5 Å². The molecule has 0 saturated heterocycles. The molecule has 2 heterocycles. The van der Waals surface area contributed by atoms with Crippen LogP contribution in [0.5, 0.6) is 0 Å². The van der Waals surface area contributed by atoms with Gasteiger partial charge in [-0.15, -0.1) is 0 Å². The maximum atomic E-state index is 12.4. The molecule has 3 rings (SSSR count). The highest BCUT2D eigenvalue weighted by Crippen LogP contribution is 2.22. The number of nitrogens with zero attached hydrogens (tertiary/aromatic N) is 3. The molecule has 23 heavy (non-hydrogen) atoms. The Morgan fingerprint density at radius 1 is 1.22 bits per heavy atom. The van der Waals surface area contributed by atoms with Gasteiger partial charge in [0, 0.05) is 36.1 Å². The molecule has 0 atom stereocenters. The van der Waals surface area contributed by atoms with Gasteiger partial charge in [-0.1, -0.05) is 13.8 Å². The van der Waals surface area contributed by atoms with Crippen LogP contribution in [0.2, 0.25) is 0 Å². The predicted octanol–water partition coefficient (Wildman–Crippen LogP) is 3.65. The Morgan fingerprint density at radius 2 is 2.00 bits per heavy atom. The Balaban J connectivity index is 1.92. The molecule has 0 spiro atoms. The van der Waals surface area contributed by atoms with Crippen LogP contribution in [0.4, 0.5) is 5.69 Å². The van der Waals surface area contributed by atoms with Crippen LogP contribution in [-0.2, 0) is 7.05 Å². The number of amides is 1. The summed E-state index contributed by atoms with van der Waals surface area (Å²) >= 11 is 0. The lowest BCUT2D eigenvalue weighted by Crippen LogP contribution is -2.12. The van der Waals surface area contributed by atoms with Crippen molar-refractivity contribution in [3.05, 3.63) is 53.6 Å². The maximum Gasteiger partial charge on any atom is 0.255 e. The summed E-state index contributed by atoms with van der Waals surface area (Å²) in [5, 5.41) is 2.89. The minimum absolute atomic E-state index is 0.144. The van der Waals surface area contributed by atoms with Gasteiger partial charge in [-0.3, -0.25) is 9.78 Å². The first kappa shape index (κ1) is 15.2. The fourth-order valence-corrected chi connectivity index (χ4v) is 2.70. The molecule has 0 saturated carbocycles. The van der Waals surface area contributed by atoms with Gasteiger partial charge < -0.3 is 9.88 Å². The zero-order valence-corrected chi connectivity index (χ0v) is 13.8. The molecule has 0 aliphatic carbocycles. The van der Waals surface area contributed by atoms with E-state index in [1.807, 2.05) is 38.2 Å². The first-order valence-corrected chi connectivity index (χ1v) is 7.66. The summed E-state index contributed by atoms with van der Waals surface area (Å²) in [4.78, 5) is 21.2. The third-order valence-electron chi connectivity index (χ3n) is 3.85. The monoisotopic (exact) mass is 308 g/mol. The molecule has 3 aromatic rings. The number of pyridine rings is 1. The number of hydrogen-bond donors (Lipinski definition) is 1. The van der Waals surface area contributed by atoms with Gasteiger partial charge in [0.2, 0.25) is 0 Å². The lowest BCUT2D eigenvalue weighted by Gasteiger charge is -2.06. The number of anilines is 1. The lowest BCUT2D eigenvalue weighted by atomic mass is 10.2. The van der Waals surface area contributed by atoms with Crippen LogP contribution < -0.4 is 5.32 Å². The van der Waals surface area contributed by atoms with E-state index in [0.717, 1.165) is 28.2 Å². The largest absolute Gasteiger partial charge is 0.331 e. The number of benzene rings is 1. The third kappa shape index (κ3) is 2.95. The van der Waals surface area contributed by atoms with Crippen LogP contribution in [0.1, 0.15) is 41.6 Å². The second-order valence-electron chi connectivity index (χ2n) is 6.03. The molecule has 118 valence electrons. The van der Waals surface area contributed by atoms with Crippen molar-refractivity contribution in [2.75, 3.05) is 5.32 Å². The highest BCUT2D eigenvalue weighted by molar-refractivity contribution is 6.05. The van der Waals surface area contributed by atoms with Crippen LogP contribution in [-0.4, -0.2) is 20.4 Å². The number of aromatic nitrogens is 3. The number of carbonyl (C=O) groups is 1. The van der Waals surface area contributed by atoms with Crippen molar-refractivity contribution in [1.29, 1.82) is 0 Å². The number of imidazole rings is 1. The zero-order chi connectivity index (χ0) is 16.6. The number of aryl methyl sites for hydroxylation is 2. The van der Waals surface area contributed by atoms with Gasteiger partial charge in [0.1, 0.15) is 5.82 Å². The average molecular weight is 308 g/mol. The molecule has 1 aromatic carbocycles. The Bertz CT molecular complexity index is 880. The zero-order valence-electron chi connectivity index (χ0n) is 13.8. The number of fused-ring (bicyclic) bond motifs is 1. The van der Waals surface area contributed by atoms with Crippen molar-refractivity contribution in [3.63, 3.8) is 0 Å². The summed E-state index contributed by atoms with van der Waals surface area (Å²) in [5.41, 5.74) is 4.08. The van der Waals surface area contributed by atoms with E-state index < -0.39 is 0 Å². The van der Waals surface area contributed by atoms with Gasteiger partial charge in [-0.25, -0.2) is 4.98 Å². The summed E-state index contributed by atoms with van der Waals surface area (Å²) in [7, 11) is 2.00. The van der Waals surface area contributed by atoms with Gasteiger partial charge in [0.05, 0.1) is 11.0 Å². The molecule has 1 amide bonds. The van der Waals surface area contributed by atoms with Gasteiger partial charge in [-0.05, 0) is 37.3 Å². The van der Waals surface area contributed by atoms with Crippen molar-refractivity contribution in [1.82, 2.24) is 14.5 Å². The van der Waals surface area contributed by atoms with Crippen molar-refractivity contribution in [3.8, 4) is 0 Å². The van der Waals surface area contributed by atoms with E-state index in [2.05, 4.69) is 33.7 Å². The highest BCUT2D eigenvalue weighted by atomic mass is 16.1. The van der Waals surface area contributed by atoms with Crippen molar-refractivity contribution in [2.45, 2.75) is 26.7 Å². The minimum Gasteiger partial charge on any atom is -0.331 e. The van der Waals surface area contributed by atoms with Crippen molar-refractivity contribution >= 4 is 22.6 Å². The Labute approximate surface area is 135 Å². The van der Waals surface area contributed by atoms with Crippen LogP contribution >= 0.6 is 0 Å².